The minimum atomic E-state index is -0.0601. The zero-order valence-electron chi connectivity index (χ0n) is 13.0. The number of amides is 1. The molecule has 1 amide bonds. The maximum Gasteiger partial charge on any atom is 0.233 e. The number of rotatable bonds is 5. The first-order chi connectivity index (χ1) is 9.57. The van der Waals surface area contributed by atoms with Crippen molar-refractivity contribution in [2.75, 3.05) is 13.1 Å². The van der Waals surface area contributed by atoms with Crippen LogP contribution in [0.5, 0.6) is 0 Å². The molecule has 1 aliphatic carbocycles. The maximum atomic E-state index is 11.4. The summed E-state index contributed by atoms with van der Waals surface area (Å²) in [6, 6.07) is 8.94. The van der Waals surface area contributed by atoms with Crippen molar-refractivity contribution in [3.8, 4) is 0 Å². The van der Waals surface area contributed by atoms with Crippen LogP contribution in [-0.2, 0) is 10.2 Å². The number of hydrogen-bond donors (Lipinski definition) is 2. The van der Waals surface area contributed by atoms with Gasteiger partial charge in [-0.2, -0.15) is 0 Å². The molecular weight excluding hydrogens is 284 g/mol. The lowest BCUT2D eigenvalue weighted by Crippen LogP contribution is -2.41. The molecule has 0 saturated heterocycles. The van der Waals surface area contributed by atoms with Crippen LogP contribution in [0.1, 0.15) is 56.6 Å². The van der Waals surface area contributed by atoms with E-state index in [1.54, 1.807) is 0 Å². The van der Waals surface area contributed by atoms with Crippen molar-refractivity contribution >= 4 is 18.3 Å². The second kappa shape index (κ2) is 7.81. The van der Waals surface area contributed by atoms with Gasteiger partial charge in [0, 0.05) is 12.0 Å². The highest BCUT2D eigenvalue weighted by molar-refractivity contribution is 5.85. The molecule has 3 nitrogen and oxygen atoms in total. The Hall–Kier alpha value is -1.06. The molecular formula is C17H27ClN2O. The first-order valence-corrected chi connectivity index (χ1v) is 7.64. The Bertz CT molecular complexity index is 450. The molecule has 0 unspecified atom stereocenters. The summed E-state index contributed by atoms with van der Waals surface area (Å²) in [5.74, 6) is 0.496. The fourth-order valence-electron chi connectivity index (χ4n) is 3.18. The number of carbonyl (C=O) groups excluding carboxylic acids is 1. The Balaban J connectivity index is 0.00000220. The van der Waals surface area contributed by atoms with Crippen LogP contribution in [0.2, 0.25) is 0 Å². The standard InChI is InChI=1S/C17H26N2O.ClH/c1-13(2)14-5-7-15(8-6-14)17(9-3-4-10-17)12-19-16(20)11-18;/h5-8,13H,3-4,9-12,18H2,1-2H3,(H,19,20);1H. The second-order valence-corrected chi connectivity index (χ2v) is 6.24. The number of benzene rings is 1. The predicted molar refractivity (Wildman–Crippen MR) is 90.0 cm³/mol. The Morgan fingerprint density at radius 2 is 1.81 bits per heavy atom. The molecule has 0 heterocycles. The summed E-state index contributed by atoms with van der Waals surface area (Å²) in [5, 5.41) is 2.99. The molecule has 3 N–H and O–H groups in total. The van der Waals surface area contributed by atoms with Crippen LogP contribution in [0.25, 0.3) is 0 Å². The quantitative estimate of drug-likeness (QED) is 0.878. The van der Waals surface area contributed by atoms with Gasteiger partial charge < -0.3 is 11.1 Å². The summed E-state index contributed by atoms with van der Waals surface area (Å²) in [4.78, 5) is 11.4. The molecule has 1 saturated carbocycles. The molecule has 0 atom stereocenters. The Morgan fingerprint density at radius 1 is 1.24 bits per heavy atom. The molecule has 4 heteroatoms. The van der Waals surface area contributed by atoms with Crippen LogP contribution in [0.4, 0.5) is 0 Å². The summed E-state index contributed by atoms with van der Waals surface area (Å²) >= 11 is 0. The van der Waals surface area contributed by atoms with Crippen molar-refractivity contribution in [1.82, 2.24) is 5.32 Å². The molecule has 0 spiro atoms. The summed E-state index contributed by atoms with van der Waals surface area (Å²) in [6.07, 6.45) is 4.78. The minimum Gasteiger partial charge on any atom is -0.354 e. The van der Waals surface area contributed by atoms with Gasteiger partial charge in [-0.3, -0.25) is 4.79 Å². The van der Waals surface area contributed by atoms with Crippen molar-refractivity contribution < 1.29 is 4.79 Å². The normalized spacial score (nSPS) is 16.6. The Morgan fingerprint density at radius 3 is 2.29 bits per heavy atom. The maximum absolute atomic E-state index is 11.4. The highest BCUT2D eigenvalue weighted by Gasteiger charge is 2.35. The first-order valence-electron chi connectivity index (χ1n) is 7.64. The SMILES string of the molecule is CC(C)c1ccc(C2(CNC(=O)CN)CCCC2)cc1.Cl. The largest absolute Gasteiger partial charge is 0.354 e. The van der Waals surface area contributed by atoms with Gasteiger partial charge in [-0.25, -0.2) is 0 Å². The third-order valence-electron chi connectivity index (χ3n) is 4.56. The van der Waals surface area contributed by atoms with E-state index in [-0.39, 0.29) is 30.3 Å². The zero-order chi connectivity index (χ0) is 14.6. The molecule has 0 aliphatic heterocycles. The van der Waals surface area contributed by atoms with E-state index in [9.17, 15) is 4.79 Å². The van der Waals surface area contributed by atoms with Crippen LogP contribution in [0, 0.1) is 0 Å². The van der Waals surface area contributed by atoms with E-state index in [1.165, 1.54) is 24.0 Å². The average Bonchev–Trinajstić information content (AvgIpc) is 2.95. The molecule has 0 aromatic heterocycles. The van der Waals surface area contributed by atoms with Crippen LogP contribution in [-0.4, -0.2) is 19.0 Å². The van der Waals surface area contributed by atoms with Crippen molar-refractivity contribution in [1.29, 1.82) is 0 Å². The number of nitrogens with one attached hydrogen (secondary N) is 1. The average molecular weight is 311 g/mol. The lowest BCUT2D eigenvalue weighted by molar-refractivity contribution is -0.120. The van der Waals surface area contributed by atoms with Crippen LogP contribution >= 0.6 is 12.4 Å². The van der Waals surface area contributed by atoms with Crippen LogP contribution in [0.3, 0.4) is 0 Å². The summed E-state index contributed by atoms with van der Waals surface area (Å²) in [6.45, 7) is 5.20. The lowest BCUT2D eigenvalue weighted by Gasteiger charge is -2.30. The Labute approximate surface area is 134 Å². The third-order valence-corrected chi connectivity index (χ3v) is 4.56. The molecule has 21 heavy (non-hydrogen) atoms. The van der Waals surface area contributed by atoms with Gasteiger partial charge in [0.05, 0.1) is 6.54 Å². The molecule has 1 fully saturated rings. The van der Waals surface area contributed by atoms with Crippen molar-refractivity contribution in [3.05, 3.63) is 35.4 Å². The van der Waals surface area contributed by atoms with Gasteiger partial charge in [0.2, 0.25) is 5.91 Å². The van der Waals surface area contributed by atoms with Crippen LogP contribution < -0.4 is 11.1 Å². The van der Waals surface area contributed by atoms with E-state index in [2.05, 4.69) is 43.4 Å². The number of halogens is 1. The monoisotopic (exact) mass is 310 g/mol. The minimum absolute atomic E-state index is 0. The van der Waals surface area contributed by atoms with Gasteiger partial charge in [-0.05, 0) is 29.9 Å². The van der Waals surface area contributed by atoms with Gasteiger partial charge in [0.25, 0.3) is 0 Å². The summed E-state index contributed by atoms with van der Waals surface area (Å²) in [7, 11) is 0. The lowest BCUT2D eigenvalue weighted by atomic mass is 9.78. The van der Waals surface area contributed by atoms with E-state index in [0.29, 0.717) is 12.5 Å². The summed E-state index contributed by atoms with van der Waals surface area (Å²) in [5.41, 5.74) is 8.22. The smallest absolute Gasteiger partial charge is 0.233 e. The molecule has 118 valence electrons. The van der Waals surface area contributed by atoms with Crippen molar-refractivity contribution in [2.24, 2.45) is 5.73 Å². The molecule has 0 radical (unpaired) electrons. The molecule has 2 rings (SSSR count). The Kier molecular flexibility index (Phi) is 6.69. The van der Waals surface area contributed by atoms with Gasteiger partial charge in [-0.1, -0.05) is 51.0 Å². The van der Waals surface area contributed by atoms with Gasteiger partial charge in [0.15, 0.2) is 0 Å². The first kappa shape index (κ1) is 18.0. The third kappa shape index (κ3) is 4.21. The molecule has 1 aromatic rings. The fraction of sp³-hybridized carbons (Fsp3) is 0.588. The van der Waals surface area contributed by atoms with Gasteiger partial charge >= 0.3 is 0 Å². The topological polar surface area (TPSA) is 55.1 Å². The summed E-state index contributed by atoms with van der Waals surface area (Å²) < 4.78 is 0. The highest BCUT2D eigenvalue weighted by Crippen LogP contribution is 2.40. The van der Waals surface area contributed by atoms with Crippen molar-refractivity contribution in [2.45, 2.75) is 50.9 Å². The van der Waals surface area contributed by atoms with Crippen molar-refractivity contribution in [3.63, 3.8) is 0 Å². The fourth-order valence-corrected chi connectivity index (χ4v) is 3.18. The van der Waals surface area contributed by atoms with Crippen LogP contribution in [0.15, 0.2) is 24.3 Å². The number of hydrogen-bond acceptors (Lipinski definition) is 2. The predicted octanol–water partition coefficient (Wildman–Crippen LogP) is 3.12. The van der Waals surface area contributed by atoms with Gasteiger partial charge in [-0.15, -0.1) is 12.4 Å². The van der Waals surface area contributed by atoms with E-state index in [0.717, 1.165) is 12.8 Å². The molecule has 1 aliphatic rings. The zero-order valence-corrected chi connectivity index (χ0v) is 13.8. The molecule has 0 bridgehead atoms. The highest BCUT2D eigenvalue weighted by atomic mass is 35.5. The van der Waals surface area contributed by atoms with E-state index in [4.69, 9.17) is 5.73 Å². The van der Waals surface area contributed by atoms with E-state index >= 15 is 0 Å². The van der Waals surface area contributed by atoms with E-state index in [1.807, 2.05) is 0 Å². The van der Waals surface area contributed by atoms with E-state index < -0.39 is 0 Å². The molecule has 1 aromatic carbocycles. The number of carbonyl (C=O) groups is 1. The van der Waals surface area contributed by atoms with Gasteiger partial charge in [0.1, 0.15) is 0 Å². The number of nitrogens with two attached hydrogens (primary N) is 1. The second-order valence-electron chi connectivity index (χ2n) is 6.24.